The summed E-state index contributed by atoms with van der Waals surface area (Å²) < 4.78 is 0. The predicted octanol–water partition coefficient (Wildman–Crippen LogP) is 7.37. The zero-order valence-electron chi connectivity index (χ0n) is 22.9. The number of hydrogen-bond donors (Lipinski definition) is 3. The van der Waals surface area contributed by atoms with Crippen molar-refractivity contribution in [3.63, 3.8) is 0 Å². The van der Waals surface area contributed by atoms with E-state index in [2.05, 4.69) is 0 Å². The van der Waals surface area contributed by atoms with Crippen LogP contribution in [0.15, 0.2) is 66.7 Å². The van der Waals surface area contributed by atoms with Gasteiger partial charge in [0.2, 0.25) is 0 Å². The number of benzene rings is 3. The van der Waals surface area contributed by atoms with Gasteiger partial charge in [-0.15, -0.1) is 0 Å². The van der Waals surface area contributed by atoms with E-state index in [1.165, 1.54) is 20.8 Å². The third kappa shape index (κ3) is 13.2. The quantitative estimate of drug-likeness (QED) is 0.234. The fraction of sp³-hybridized carbons (Fsp3) is 0.323. The van der Waals surface area contributed by atoms with E-state index in [9.17, 15) is 29.7 Å². The van der Waals surface area contributed by atoms with Gasteiger partial charge in [-0.25, -0.2) is 0 Å². The summed E-state index contributed by atoms with van der Waals surface area (Å²) in [6.45, 7) is 6.22. The van der Waals surface area contributed by atoms with Crippen LogP contribution >= 0.6 is 34.8 Å². The van der Waals surface area contributed by atoms with E-state index in [1.54, 1.807) is 54.6 Å². The number of ketones is 3. The highest BCUT2D eigenvalue weighted by Crippen LogP contribution is 2.28. The number of aliphatic hydroxyl groups is 3. The Labute approximate surface area is 250 Å². The molecule has 3 aromatic carbocycles. The molecule has 0 heterocycles. The minimum atomic E-state index is -0.791. The van der Waals surface area contributed by atoms with E-state index in [0.717, 1.165) is 5.56 Å². The molecule has 0 aliphatic rings. The van der Waals surface area contributed by atoms with Gasteiger partial charge in [0.15, 0.2) is 0 Å². The zero-order chi connectivity index (χ0) is 30.4. The van der Waals surface area contributed by atoms with Crippen LogP contribution in [0.3, 0.4) is 0 Å². The average Bonchev–Trinajstić information content (AvgIpc) is 2.84. The molecule has 0 bridgehead atoms. The number of carbonyl (C=O) groups excluding carboxylic acids is 3. The van der Waals surface area contributed by atoms with Crippen LogP contribution in [-0.4, -0.2) is 32.7 Å². The maximum atomic E-state index is 10.8. The number of Topliss-reactive ketones (excluding diaryl/α,β-unsaturated/α-hetero) is 3. The second kappa shape index (κ2) is 18.0. The molecule has 40 heavy (non-hydrogen) atoms. The molecule has 0 unspecified atom stereocenters. The first-order valence-corrected chi connectivity index (χ1v) is 13.6. The van der Waals surface area contributed by atoms with Crippen molar-refractivity contribution in [1.29, 1.82) is 0 Å². The van der Waals surface area contributed by atoms with E-state index < -0.39 is 18.3 Å². The molecule has 3 rings (SSSR count). The van der Waals surface area contributed by atoms with Crippen LogP contribution in [0.2, 0.25) is 15.1 Å². The molecule has 0 spiro atoms. The van der Waals surface area contributed by atoms with Gasteiger partial charge in [0.05, 0.1) is 18.3 Å². The zero-order valence-corrected chi connectivity index (χ0v) is 25.2. The van der Waals surface area contributed by atoms with E-state index in [4.69, 9.17) is 34.8 Å². The van der Waals surface area contributed by atoms with Crippen molar-refractivity contribution in [3.8, 4) is 0 Å². The van der Waals surface area contributed by atoms with Crippen LogP contribution in [-0.2, 0) is 14.4 Å². The van der Waals surface area contributed by atoms with Gasteiger partial charge in [-0.2, -0.15) is 0 Å². The van der Waals surface area contributed by atoms with Gasteiger partial charge < -0.3 is 15.3 Å². The summed E-state index contributed by atoms with van der Waals surface area (Å²) in [4.78, 5) is 32.3. The summed E-state index contributed by atoms with van der Waals surface area (Å²) >= 11 is 17.5. The molecular formula is C31H35Cl3O6. The number of aryl methyl sites for hydroxylation is 1. The molecule has 3 N–H and O–H groups in total. The van der Waals surface area contributed by atoms with Gasteiger partial charge in [0.1, 0.15) is 17.3 Å². The van der Waals surface area contributed by atoms with Crippen molar-refractivity contribution < 1.29 is 29.7 Å². The summed E-state index contributed by atoms with van der Waals surface area (Å²) in [5, 5.41) is 30.4. The van der Waals surface area contributed by atoms with Gasteiger partial charge in [0.25, 0.3) is 0 Å². The van der Waals surface area contributed by atoms with E-state index in [0.29, 0.717) is 31.8 Å². The Kier molecular flexibility index (Phi) is 15.9. The molecule has 0 fully saturated rings. The highest BCUT2D eigenvalue weighted by Gasteiger charge is 2.15. The van der Waals surface area contributed by atoms with E-state index in [1.807, 2.05) is 19.1 Å². The van der Waals surface area contributed by atoms with Crippen molar-refractivity contribution in [3.05, 3.63) is 104 Å². The Morgan fingerprint density at radius 1 is 0.650 bits per heavy atom. The molecule has 0 saturated carbocycles. The maximum absolute atomic E-state index is 10.8. The lowest BCUT2D eigenvalue weighted by Gasteiger charge is -2.13. The van der Waals surface area contributed by atoms with Crippen molar-refractivity contribution in [2.75, 3.05) is 0 Å². The predicted molar refractivity (Wildman–Crippen MR) is 160 cm³/mol. The van der Waals surface area contributed by atoms with E-state index >= 15 is 0 Å². The summed E-state index contributed by atoms with van der Waals surface area (Å²) in [7, 11) is 0. The van der Waals surface area contributed by atoms with Gasteiger partial charge in [-0.1, -0.05) is 77.3 Å². The largest absolute Gasteiger partial charge is 0.388 e. The normalized spacial score (nSPS) is 12.6. The Hall–Kier alpha value is -2.58. The Balaban J connectivity index is 0.000000300. The first-order chi connectivity index (χ1) is 18.7. The number of aliphatic hydroxyl groups excluding tert-OH is 3. The van der Waals surface area contributed by atoms with Crippen molar-refractivity contribution >= 4 is 52.2 Å². The van der Waals surface area contributed by atoms with Crippen LogP contribution in [0.1, 0.15) is 80.6 Å². The molecule has 3 atom stereocenters. The first-order valence-electron chi connectivity index (χ1n) is 12.5. The van der Waals surface area contributed by atoms with Crippen LogP contribution in [0.4, 0.5) is 0 Å². The molecule has 216 valence electrons. The number of rotatable bonds is 9. The van der Waals surface area contributed by atoms with Gasteiger partial charge in [0, 0.05) is 39.9 Å². The molecule has 0 radical (unpaired) electrons. The number of hydrogen-bond acceptors (Lipinski definition) is 6. The lowest BCUT2D eigenvalue weighted by atomic mass is 10.00. The molecule has 0 aliphatic heterocycles. The molecule has 0 aliphatic carbocycles. The molecule has 0 saturated heterocycles. The smallest absolute Gasteiger partial charge is 0.132 e. The average molecular weight is 610 g/mol. The summed E-state index contributed by atoms with van der Waals surface area (Å²) in [5.41, 5.74) is 2.86. The van der Waals surface area contributed by atoms with Crippen molar-refractivity contribution in [2.24, 2.45) is 0 Å². The minimum absolute atomic E-state index is 0.0347. The summed E-state index contributed by atoms with van der Waals surface area (Å²) in [5.74, 6) is -0.128. The Morgan fingerprint density at radius 3 is 1.68 bits per heavy atom. The highest BCUT2D eigenvalue weighted by molar-refractivity contribution is 6.32. The van der Waals surface area contributed by atoms with Gasteiger partial charge in [-0.05, 0) is 68.7 Å². The maximum Gasteiger partial charge on any atom is 0.132 e. The number of carbonyl (C=O) groups is 3. The summed E-state index contributed by atoms with van der Waals surface area (Å²) in [6, 6.07) is 19.3. The minimum Gasteiger partial charge on any atom is -0.388 e. The van der Waals surface area contributed by atoms with Crippen molar-refractivity contribution in [1.82, 2.24) is 0 Å². The molecule has 0 amide bonds. The molecular weight excluding hydrogens is 575 g/mol. The van der Waals surface area contributed by atoms with Gasteiger partial charge in [-0.3, -0.25) is 14.4 Å². The van der Waals surface area contributed by atoms with Crippen LogP contribution < -0.4 is 0 Å². The monoisotopic (exact) mass is 608 g/mol. The third-order valence-electron chi connectivity index (χ3n) is 5.54. The Bertz CT molecular complexity index is 1260. The standard InChI is InChI=1S/C11H13ClO2.2C10H11ClO2/c1-7-4-3-5-9(12)11(7)10(14)6-8(2)13;1-7(12)5-10(13)8-3-2-4-9(11)6-8;1-7(12)6-10(13)8-4-2-3-5-9(8)11/h3-5,10,14H,6H2,1-2H3;2-4,6,10,13H,5H2,1H3;2-5,10,13H,6H2,1H3/t3*10-/m111/s1. The molecule has 9 heteroatoms. The van der Waals surface area contributed by atoms with Crippen molar-refractivity contribution in [2.45, 2.75) is 65.3 Å². The van der Waals surface area contributed by atoms with Crippen LogP contribution in [0.25, 0.3) is 0 Å². The SMILES string of the molecule is CC(=O)C[C@@H](O)c1c(C)cccc1Cl.CC(=O)C[C@@H](O)c1cccc(Cl)c1.CC(=O)C[C@@H](O)c1ccccc1Cl. The lowest BCUT2D eigenvalue weighted by Crippen LogP contribution is -2.05. The second-order valence-electron chi connectivity index (χ2n) is 9.31. The third-order valence-corrected chi connectivity index (χ3v) is 6.45. The molecule has 3 aromatic rings. The van der Waals surface area contributed by atoms with Crippen LogP contribution in [0.5, 0.6) is 0 Å². The summed E-state index contributed by atoms with van der Waals surface area (Å²) in [6.07, 6.45) is -1.95. The fourth-order valence-electron chi connectivity index (χ4n) is 3.67. The molecule has 6 nitrogen and oxygen atoms in total. The lowest BCUT2D eigenvalue weighted by molar-refractivity contribution is -0.119. The Morgan fingerprint density at radius 2 is 1.15 bits per heavy atom. The highest BCUT2D eigenvalue weighted by atomic mass is 35.5. The molecule has 0 aromatic heterocycles. The van der Waals surface area contributed by atoms with Crippen LogP contribution in [0, 0.1) is 6.92 Å². The number of halogens is 3. The second-order valence-corrected chi connectivity index (χ2v) is 10.6. The fourth-order valence-corrected chi connectivity index (χ4v) is 4.48. The first kappa shape index (κ1) is 35.4. The van der Waals surface area contributed by atoms with Gasteiger partial charge >= 0.3 is 0 Å². The van der Waals surface area contributed by atoms with E-state index in [-0.39, 0.29) is 36.6 Å². The topological polar surface area (TPSA) is 112 Å².